The number of halogens is 1. The normalized spacial score (nSPS) is 13.9. The van der Waals surface area contributed by atoms with Crippen LogP contribution in [0.3, 0.4) is 0 Å². The summed E-state index contributed by atoms with van der Waals surface area (Å²) in [6.07, 6.45) is 0. The number of benzene rings is 3. The summed E-state index contributed by atoms with van der Waals surface area (Å²) in [5.41, 5.74) is 3.59. The minimum atomic E-state index is -0.452. The summed E-state index contributed by atoms with van der Waals surface area (Å²) in [6, 6.07) is 20.9. The number of ether oxygens (including phenoxy) is 2. The average molecular weight is 538 g/mol. The minimum absolute atomic E-state index is 0.278. The fraction of sp³-hybridized carbons (Fsp3) is 0.259. The van der Waals surface area contributed by atoms with E-state index in [-0.39, 0.29) is 5.91 Å². The SMILES string of the molecule is COC(=O)c1ccc(N2CCN(Cc3ccccc3)CC2)c(NC(=O)c2ccc(OC)c(Br)c2)c1. The van der Waals surface area contributed by atoms with Crippen molar-refractivity contribution in [3.8, 4) is 5.75 Å². The molecule has 3 aromatic rings. The molecule has 1 N–H and O–H groups in total. The average Bonchev–Trinajstić information content (AvgIpc) is 2.89. The van der Waals surface area contributed by atoms with Crippen LogP contribution in [0.5, 0.6) is 5.75 Å². The van der Waals surface area contributed by atoms with Crippen LogP contribution in [0.25, 0.3) is 0 Å². The van der Waals surface area contributed by atoms with Crippen molar-refractivity contribution in [2.45, 2.75) is 6.54 Å². The number of nitrogens with zero attached hydrogens (tertiary/aromatic N) is 2. The highest BCUT2D eigenvalue weighted by molar-refractivity contribution is 9.10. The van der Waals surface area contributed by atoms with Gasteiger partial charge in [0.1, 0.15) is 5.75 Å². The highest BCUT2D eigenvalue weighted by Crippen LogP contribution is 2.31. The van der Waals surface area contributed by atoms with E-state index in [1.165, 1.54) is 12.7 Å². The third kappa shape index (κ3) is 6.01. The first-order chi connectivity index (χ1) is 17.0. The van der Waals surface area contributed by atoms with Crippen molar-refractivity contribution < 1.29 is 19.1 Å². The first-order valence-corrected chi connectivity index (χ1v) is 12.2. The van der Waals surface area contributed by atoms with Crippen molar-refractivity contribution in [1.29, 1.82) is 0 Å². The molecule has 0 radical (unpaired) electrons. The van der Waals surface area contributed by atoms with Crippen molar-refractivity contribution in [1.82, 2.24) is 4.90 Å². The molecule has 182 valence electrons. The molecular weight excluding hydrogens is 510 g/mol. The van der Waals surface area contributed by atoms with E-state index in [1.807, 2.05) is 12.1 Å². The topological polar surface area (TPSA) is 71.1 Å². The van der Waals surface area contributed by atoms with Crippen LogP contribution in [0.15, 0.2) is 71.2 Å². The van der Waals surface area contributed by atoms with Gasteiger partial charge in [0.2, 0.25) is 0 Å². The van der Waals surface area contributed by atoms with Gasteiger partial charge < -0.3 is 19.7 Å². The molecule has 1 aliphatic heterocycles. The lowest BCUT2D eigenvalue weighted by Gasteiger charge is -2.37. The van der Waals surface area contributed by atoms with E-state index in [4.69, 9.17) is 9.47 Å². The zero-order chi connectivity index (χ0) is 24.8. The Morgan fingerprint density at radius 1 is 0.914 bits per heavy atom. The number of anilines is 2. The van der Waals surface area contributed by atoms with E-state index in [2.05, 4.69) is 55.3 Å². The molecule has 35 heavy (non-hydrogen) atoms. The largest absolute Gasteiger partial charge is 0.496 e. The Hall–Kier alpha value is -3.36. The number of hydrogen-bond donors (Lipinski definition) is 1. The molecule has 0 aromatic heterocycles. The number of amides is 1. The lowest BCUT2D eigenvalue weighted by molar-refractivity contribution is 0.0600. The number of carbonyl (C=O) groups is 2. The van der Waals surface area contributed by atoms with Crippen molar-refractivity contribution >= 4 is 39.2 Å². The molecule has 1 fully saturated rings. The maximum Gasteiger partial charge on any atom is 0.337 e. The number of carbonyl (C=O) groups excluding carboxylic acids is 2. The van der Waals surface area contributed by atoms with Crippen molar-refractivity contribution in [3.63, 3.8) is 0 Å². The lowest BCUT2D eigenvalue weighted by atomic mass is 10.1. The summed E-state index contributed by atoms with van der Waals surface area (Å²) >= 11 is 3.43. The second-order valence-corrected chi connectivity index (χ2v) is 9.13. The van der Waals surface area contributed by atoms with E-state index < -0.39 is 5.97 Å². The summed E-state index contributed by atoms with van der Waals surface area (Å²) in [5, 5.41) is 3.00. The Morgan fingerprint density at radius 3 is 2.29 bits per heavy atom. The van der Waals surface area contributed by atoms with E-state index in [0.29, 0.717) is 27.0 Å². The lowest BCUT2D eigenvalue weighted by Crippen LogP contribution is -2.46. The van der Waals surface area contributed by atoms with Gasteiger partial charge in [0.25, 0.3) is 5.91 Å². The van der Waals surface area contributed by atoms with Gasteiger partial charge in [0, 0.05) is 38.3 Å². The zero-order valence-electron chi connectivity index (χ0n) is 19.8. The summed E-state index contributed by atoms with van der Waals surface area (Å²) < 4.78 is 10.8. The fourth-order valence-corrected chi connectivity index (χ4v) is 4.69. The molecular formula is C27H28BrN3O4. The summed E-state index contributed by atoms with van der Waals surface area (Å²) in [5.74, 6) is -0.0884. The van der Waals surface area contributed by atoms with Crippen LogP contribution in [0.2, 0.25) is 0 Å². The van der Waals surface area contributed by atoms with Crippen LogP contribution >= 0.6 is 15.9 Å². The van der Waals surface area contributed by atoms with Crippen molar-refractivity contribution in [2.24, 2.45) is 0 Å². The van der Waals surface area contributed by atoms with Crippen LogP contribution in [0, 0.1) is 0 Å². The Kier molecular flexibility index (Phi) is 8.05. The van der Waals surface area contributed by atoms with Gasteiger partial charge in [-0.2, -0.15) is 0 Å². The zero-order valence-corrected chi connectivity index (χ0v) is 21.4. The van der Waals surface area contributed by atoms with Crippen LogP contribution < -0.4 is 15.0 Å². The van der Waals surface area contributed by atoms with Gasteiger partial charge in [-0.1, -0.05) is 30.3 Å². The van der Waals surface area contributed by atoms with Gasteiger partial charge in [-0.25, -0.2) is 4.79 Å². The van der Waals surface area contributed by atoms with Crippen LogP contribution in [0.4, 0.5) is 11.4 Å². The standard InChI is InChI=1S/C27H28BrN3O4/c1-34-25-11-9-20(16-22(25)28)26(32)29-23-17-21(27(33)35-2)8-10-24(23)31-14-12-30(13-15-31)18-19-6-4-3-5-7-19/h3-11,16-17H,12-15,18H2,1-2H3,(H,29,32). The van der Waals surface area contributed by atoms with Crippen molar-refractivity contribution in [3.05, 3.63) is 87.9 Å². The molecule has 0 saturated carbocycles. The van der Waals surface area contributed by atoms with Crippen molar-refractivity contribution in [2.75, 3.05) is 50.6 Å². The van der Waals surface area contributed by atoms with Gasteiger partial charge in [-0.05, 0) is 57.9 Å². The first-order valence-electron chi connectivity index (χ1n) is 11.4. The van der Waals surface area contributed by atoms with Gasteiger partial charge in [0.05, 0.1) is 35.6 Å². The Morgan fingerprint density at radius 2 is 1.63 bits per heavy atom. The summed E-state index contributed by atoms with van der Waals surface area (Å²) in [7, 11) is 2.92. The second kappa shape index (κ2) is 11.4. The number of esters is 1. The molecule has 1 amide bonds. The van der Waals surface area contributed by atoms with Gasteiger partial charge >= 0.3 is 5.97 Å². The minimum Gasteiger partial charge on any atom is -0.496 e. The molecule has 0 bridgehead atoms. The maximum atomic E-state index is 13.1. The van der Waals surface area contributed by atoms with Gasteiger partial charge in [-0.15, -0.1) is 0 Å². The predicted molar refractivity (Wildman–Crippen MR) is 140 cm³/mol. The molecule has 1 aliphatic rings. The quantitative estimate of drug-likeness (QED) is 0.435. The Balaban J connectivity index is 1.53. The molecule has 0 atom stereocenters. The number of hydrogen-bond acceptors (Lipinski definition) is 6. The van der Waals surface area contributed by atoms with E-state index in [9.17, 15) is 9.59 Å². The number of nitrogens with one attached hydrogen (secondary N) is 1. The summed E-state index contributed by atoms with van der Waals surface area (Å²) in [4.78, 5) is 29.9. The predicted octanol–water partition coefficient (Wildman–Crippen LogP) is 4.82. The Bertz CT molecular complexity index is 1190. The fourth-order valence-electron chi connectivity index (χ4n) is 4.15. The monoisotopic (exact) mass is 537 g/mol. The van der Waals surface area contributed by atoms with E-state index in [1.54, 1.807) is 37.4 Å². The van der Waals surface area contributed by atoms with Crippen LogP contribution in [-0.2, 0) is 11.3 Å². The highest BCUT2D eigenvalue weighted by atomic mass is 79.9. The van der Waals surface area contributed by atoms with Gasteiger partial charge in [0.15, 0.2) is 0 Å². The van der Waals surface area contributed by atoms with E-state index in [0.717, 1.165) is 38.4 Å². The molecule has 0 spiro atoms. The summed E-state index contributed by atoms with van der Waals surface area (Å²) in [6.45, 7) is 4.31. The van der Waals surface area contributed by atoms with Crippen LogP contribution in [0.1, 0.15) is 26.3 Å². The molecule has 1 heterocycles. The third-order valence-electron chi connectivity index (χ3n) is 6.04. The maximum absolute atomic E-state index is 13.1. The first kappa shape index (κ1) is 24.8. The number of methoxy groups -OCH3 is 2. The molecule has 0 aliphatic carbocycles. The molecule has 3 aromatic carbocycles. The van der Waals surface area contributed by atoms with Crippen LogP contribution in [-0.4, -0.2) is 57.2 Å². The second-order valence-electron chi connectivity index (χ2n) is 8.28. The molecule has 0 unspecified atom stereocenters. The smallest absolute Gasteiger partial charge is 0.337 e. The third-order valence-corrected chi connectivity index (χ3v) is 6.66. The number of piperazine rings is 1. The molecule has 7 nitrogen and oxygen atoms in total. The molecule has 1 saturated heterocycles. The van der Waals surface area contributed by atoms with E-state index >= 15 is 0 Å². The Labute approximate surface area is 213 Å². The molecule has 4 rings (SSSR count). The number of rotatable bonds is 7. The highest BCUT2D eigenvalue weighted by Gasteiger charge is 2.22. The van der Waals surface area contributed by atoms with Gasteiger partial charge in [-0.3, -0.25) is 9.69 Å². The molecule has 8 heteroatoms.